The van der Waals surface area contributed by atoms with E-state index in [1.54, 1.807) is 0 Å². The van der Waals surface area contributed by atoms with Gasteiger partial charge in [-0.25, -0.2) is 4.18 Å². The Morgan fingerprint density at radius 3 is 1.34 bits per heavy atom. The van der Waals surface area contributed by atoms with Crippen LogP contribution in [-0.4, -0.2) is 95.4 Å². The van der Waals surface area contributed by atoms with Gasteiger partial charge in [-0.15, -0.1) is 0 Å². The maximum absolute atomic E-state index is 13.1. The second-order valence-corrected chi connectivity index (χ2v) is 22.0. The van der Waals surface area contributed by atoms with Gasteiger partial charge in [0.1, 0.15) is 24.4 Å². The summed E-state index contributed by atoms with van der Waals surface area (Å²) in [7, 11) is -5.08. The molecule has 0 saturated carbocycles. The van der Waals surface area contributed by atoms with Gasteiger partial charge in [-0.2, -0.15) is 8.42 Å². The molecule has 12 nitrogen and oxygen atoms in total. The highest BCUT2D eigenvalue weighted by Gasteiger charge is 2.48. The minimum atomic E-state index is -5.08. The quantitative estimate of drug-likeness (QED) is 0.0193. The third-order valence-corrected chi connectivity index (χ3v) is 14.7. The minimum absolute atomic E-state index is 0.227. The van der Waals surface area contributed by atoms with Crippen molar-refractivity contribution in [2.24, 2.45) is 0 Å². The van der Waals surface area contributed by atoms with Crippen LogP contribution >= 0.6 is 0 Å². The summed E-state index contributed by atoms with van der Waals surface area (Å²) in [6.45, 7) is 3.47. The zero-order valence-electron chi connectivity index (χ0n) is 45.6. The van der Waals surface area contributed by atoms with Crippen LogP contribution < -0.4 is 5.32 Å². The second kappa shape index (κ2) is 48.2. The van der Waals surface area contributed by atoms with Crippen molar-refractivity contribution in [2.45, 2.75) is 326 Å². The number of hydrogen-bond donors (Lipinski definition) is 6. The second-order valence-electron chi connectivity index (χ2n) is 20.9. The highest BCUT2D eigenvalue weighted by atomic mass is 32.3. The van der Waals surface area contributed by atoms with Crippen molar-refractivity contribution < 1.29 is 51.8 Å². The number of unbranched alkanes of at least 4 members (excludes halogenated alkanes) is 36. The standard InChI is InChI=1S/C58H111NO11S/c1-3-5-7-9-11-13-15-17-18-19-20-21-22-23-24-25-26-27-28-29-30-31-32-33-34-36-38-40-42-44-46-48-54(62)59-51(52(61)47-45-43-41-39-37-35-16-14-12-10-8-6-4-2)50-68-58-56(64)57(70-71(65,66)67)55(63)53(49-60)69-58/h20-21,23-24,51-53,55-58,60-61,63-64H,3-19,22,25-50H2,1-2H3,(H,59,62)(H,65,66,67)/b21-20-,24-23-. The molecule has 0 aromatic rings. The first-order chi connectivity index (χ1) is 34.5. The molecule has 0 aliphatic carbocycles. The lowest BCUT2D eigenvalue weighted by Crippen LogP contribution is -2.61. The van der Waals surface area contributed by atoms with Crippen molar-refractivity contribution in [2.75, 3.05) is 13.2 Å². The fraction of sp³-hybridized carbons (Fsp3) is 0.914. The monoisotopic (exact) mass is 1030 g/mol. The maximum Gasteiger partial charge on any atom is 0.397 e. The van der Waals surface area contributed by atoms with Crippen molar-refractivity contribution in [3.8, 4) is 0 Å². The highest BCUT2D eigenvalue weighted by molar-refractivity contribution is 7.80. The molecule has 13 heteroatoms. The molecule has 1 aliphatic rings. The van der Waals surface area contributed by atoms with Gasteiger partial charge in [0.2, 0.25) is 5.91 Å². The Morgan fingerprint density at radius 2 is 0.944 bits per heavy atom. The Balaban J connectivity index is 2.24. The van der Waals surface area contributed by atoms with Crippen LogP contribution in [0, 0.1) is 0 Å². The number of allylic oxidation sites excluding steroid dienone is 4. The molecular weight excluding hydrogens is 919 g/mol. The Morgan fingerprint density at radius 1 is 0.563 bits per heavy atom. The third-order valence-electron chi connectivity index (χ3n) is 14.3. The molecule has 1 amide bonds. The summed E-state index contributed by atoms with van der Waals surface area (Å²) < 4.78 is 47.8. The van der Waals surface area contributed by atoms with Crippen molar-refractivity contribution >= 4 is 16.3 Å². The predicted octanol–water partition coefficient (Wildman–Crippen LogP) is 14.0. The Kier molecular flexibility index (Phi) is 45.9. The number of aliphatic hydroxyl groups excluding tert-OH is 4. The number of nitrogens with one attached hydrogen (secondary N) is 1. The molecule has 7 unspecified atom stereocenters. The van der Waals surface area contributed by atoms with E-state index in [2.05, 4.69) is 47.7 Å². The molecule has 0 spiro atoms. The lowest BCUT2D eigenvalue weighted by Gasteiger charge is -2.41. The fourth-order valence-corrected chi connectivity index (χ4v) is 10.2. The summed E-state index contributed by atoms with van der Waals surface area (Å²) in [5.41, 5.74) is 0. The zero-order valence-corrected chi connectivity index (χ0v) is 46.4. The van der Waals surface area contributed by atoms with Gasteiger partial charge in [-0.05, 0) is 44.9 Å². The average molecular weight is 1030 g/mol. The van der Waals surface area contributed by atoms with Crippen molar-refractivity contribution in [3.05, 3.63) is 24.3 Å². The van der Waals surface area contributed by atoms with Gasteiger partial charge in [0, 0.05) is 6.42 Å². The molecular formula is C58H111NO11S. The van der Waals surface area contributed by atoms with Gasteiger partial charge in [0.05, 0.1) is 25.4 Å². The van der Waals surface area contributed by atoms with Gasteiger partial charge in [-0.1, -0.05) is 256 Å². The van der Waals surface area contributed by atoms with Crippen molar-refractivity contribution in [1.82, 2.24) is 5.32 Å². The Labute approximate surface area is 435 Å². The van der Waals surface area contributed by atoms with Gasteiger partial charge in [-0.3, -0.25) is 9.35 Å². The van der Waals surface area contributed by atoms with E-state index in [9.17, 15) is 38.2 Å². The van der Waals surface area contributed by atoms with Crippen molar-refractivity contribution in [3.63, 3.8) is 0 Å². The molecule has 1 aliphatic heterocycles. The molecule has 1 rings (SSSR count). The minimum Gasteiger partial charge on any atom is -0.394 e. The molecule has 0 bridgehead atoms. The highest BCUT2D eigenvalue weighted by Crippen LogP contribution is 2.26. The molecule has 6 N–H and O–H groups in total. The summed E-state index contributed by atoms with van der Waals surface area (Å²) >= 11 is 0. The predicted molar refractivity (Wildman–Crippen MR) is 292 cm³/mol. The molecule has 420 valence electrons. The van der Waals surface area contributed by atoms with Crippen LogP contribution in [0.4, 0.5) is 0 Å². The number of hydrogen-bond acceptors (Lipinski definition) is 10. The first-order valence-corrected chi connectivity index (χ1v) is 31.1. The van der Waals surface area contributed by atoms with E-state index in [1.165, 1.54) is 199 Å². The average Bonchev–Trinajstić information content (AvgIpc) is 3.34. The number of ether oxygens (including phenoxy) is 2. The molecule has 1 saturated heterocycles. The van der Waals surface area contributed by atoms with E-state index in [1.807, 2.05) is 0 Å². The van der Waals surface area contributed by atoms with Crippen LogP contribution in [0.1, 0.15) is 284 Å². The lowest BCUT2D eigenvalue weighted by atomic mass is 9.99. The van der Waals surface area contributed by atoms with E-state index >= 15 is 0 Å². The number of amides is 1. The number of carbonyl (C=O) groups is 1. The molecule has 7 atom stereocenters. The van der Waals surface area contributed by atoms with Crippen LogP contribution in [0.3, 0.4) is 0 Å². The smallest absolute Gasteiger partial charge is 0.394 e. The molecule has 0 radical (unpaired) electrons. The van der Waals surface area contributed by atoms with Crippen LogP contribution in [0.25, 0.3) is 0 Å². The van der Waals surface area contributed by atoms with E-state index in [4.69, 9.17) is 9.47 Å². The van der Waals surface area contributed by atoms with Gasteiger partial charge in [0.25, 0.3) is 0 Å². The molecule has 1 heterocycles. The third kappa shape index (κ3) is 40.6. The fourth-order valence-electron chi connectivity index (χ4n) is 9.67. The Bertz CT molecular complexity index is 1350. The number of rotatable bonds is 52. The first kappa shape index (κ1) is 67.6. The van der Waals surface area contributed by atoms with Crippen LogP contribution in [0.15, 0.2) is 24.3 Å². The lowest BCUT2D eigenvalue weighted by molar-refractivity contribution is -0.298. The zero-order chi connectivity index (χ0) is 51.9. The normalized spacial score (nSPS) is 19.6. The molecule has 0 aromatic heterocycles. The SMILES string of the molecule is CCCCCCCCCCC/C=C\C/C=C\CCCCCCCCCCCCCCCCCC(=O)NC(COC1OC(CO)C(O)C(OS(=O)(=O)O)C1O)C(O)CCCCCCCCCCCCCCC. The molecule has 0 aromatic carbocycles. The van der Waals surface area contributed by atoms with Gasteiger partial charge in [0.15, 0.2) is 6.29 Å². The number of carbonyl (C=O) groups excluding carboxylic acids is 1. The summed E-state index contributed by atoms with van der Waals surface area (Å²) in [5.74, 6) is -0.227. The van der Waals surface area contributed by atoms with Crippen LogP contribution in [0.2, 0.25) is 0 Å². The van der Waals surface area contributed by atoms with E-state index in [-0.39, 0.29) is 12.5 Å². The maximum atomic E-state index is 13.1. The number of aliphatic hydroxyl groups is 4. The molecule has 71 heavy (non-hydrogen) atoms. The van der Waals surface area contributed by atoms with Crippen molar-refractivity contribution in [1.29, 1.82) is 0 Å². The first-order valence-electron chi connectivity index (χ1n) is 29.7. The van der Waals surface area contributed by atoms with Crippen LogP contribution in [0.5, 0.6) is 0 Å². The van der Waals surface area contributed by atoms with Crippen LogP contribution in [-0.2, 0) is 28.9 Å². The summed E-state index contributed by atoms with van der Waals surface area (Å²) in [5, 5.41) is 45.0. The molecule has 1 fully saturated rings. The Hall–Kier alpha value is -1.42. The van der Waals surface area contributed by atoms with E-state index < -0.39 is 59.9 Å². The van der Waals surface area contributed by atoms with Gasteiger partial charge < -0.3 is 35.2 Å². The summed E-state index contributed by atoms with van der Waals surface area (Å²) in [6.07, 6.45) is 50.6. The van der Waals surface area contributed by atoms with E-state index in [0.717, 1.165) is 57.8 Å². The summed E-state index contributed by atoms with van der Waals surface area (Å²) in [6, 6.07) is -0.856. The largest absolute Gasteiger partial charge is 0.397 e. The summed E-state index contributed by atoms with van der Waals surface area (Å²) in [4.78, 5) is 13.1. The van der Waals surface area contributed by atoms with E-state index in [0.29, 0.717) is 12.8 Å². The topological polar surface area (TPSA) is 192 Å². The van der Waals surface area contributed by atoms with Gasteiger partial charge >= 0.3 is 10.4 Å².